The van der Waals surface area contributed by atoms with Crippen molar-refractivity contribution < 1.29 is 14.3 Å². The maximum Gasteiger partial charge on any atom is 0.259 e. The molecule has 5 heteroatoms. The van der Waals surface area contributed by atoms with Gasteiger partial charge in [-0.15, -0.1) is 0 Å². The van der Waals surface area contributed by atoms with Crippen LogP contribution in [0.2, 0.25) is 0 Å². The lowest BCUT2D eigenvalue weighted by Gasteiger charge is -2.17. The number of pyridine rings is 1. The molecule has 26 heavy (non-hydrogen) atoms. The summed E-state index contributed by atoms with van der Waals surface area (Å²) in [6.45, 7) is 4.18. The molecule has 136 valence electrons. The van der Waals surface area contributed by atoms with Crippen molar-refractivity contribution in [2.75, 3.05) is 14.2 Å². The summed E-state index contributed by atoms with van der Waals surface area (Å²) < 4.78 is 12.5. The van der Waals surface area contributed by atoms with Crippen molar-refractivity contribution >= 4 is 27.5 Å². The van der Waals surface area contributed by atoms with Crippen molar-refractivity contribution in [3.63, 3.8) is 0 Å². The highest BCUT2D eigenvalue weighted by Gasteiger charge is 2.18. The molecule has 3 aromatic rings. The summed E-state index contributed by atoms with van der Waals surface area (Å²) in [4.78, 5) is 25.4. The fourth-order valence-electron chi connectivity index (χ4n) is 3.39. The average molecular weight is 353 g/mol. The number of methoxy groups -OCH3 is 2. The Morgan fingerprint density at radius 2 is 1.69 bits per heavy atom. The lowest BCUT2D eigenvalue weighted by atomic mass is 10.00. The van der Waals surface area contributed by atoms with Crippen LogP contribution < -0.4 is 15.0 Å². The van der Waals surface area contributed by atoms with Gasteiger partial charge in [0.15, 0.2) is 17.3 Å². The van der Waals surface area contributed by atoms with Gasteiger partial charge in [0.2, 0.25) is 0 Å². The number of ketones is 1. The van der Waals surface area contributed by atoms with Crippen molar-refractivity contribution in [3.05, 3.63) is 46.2 Å². The molecule has 1 heterocycles. The topological polar surface area (TPSA) is 57.5 Å². The fraction of sp³-hybridized carbons (Fsp3) is 0.333. The average Bonchev–Trinajstić information content (AvgIpc) is 2.66. The third-order valence-electron chi connectivity index (χ3n) is 4.71. The van der Waals surface area contributed by atoms with Crippen LogP contribution in [0, 0.1) is 0 Å². The van der Waals surface area contributed by atoms with Crippen molar-refractivity contribution in [1.29, 1.82) is 0 Å². The van der Waals surface area contributed by atoms with Crippen LogP contribution in [0.5, 0.6) is 11.5 Å². The first-order valence-corrected chi connectivity index (χ1v) is 8.75. The summed E-state index contributed by atoms with van der Waals surface area (Å²) >= 11 is 0. The Hall–Kier alpha value is -2.82. The first-order valence-electron chi connectivity index (χ1n) is 8.75. The second kappa shape index (κ2) is 7.20. The number of hydrogen-bond donors (Lipinski definition) is 0. The van der Waals surface area contributed by atoms with Gasteiger partial charge in [0.1, 0.15) is 0 Å². The zero-order valence-corrected chi connectivity index (χ0v) is 15.6. The fourth-order valence-corrected chi connectivity index (χ4v) is 3.39. The molecule has 0 saturated heterocycles. The van der Waals surface area contributed by atoms with E-state index in [2.05, 4.69) is 6.92 Å². The molecule has 5 nitrogen and oxygen atoms in total. The maximum absolute atomic E-state index is 13.2. The van der Waals surface area contributed by atoms with Gasteiger partial charge in [-0.25, -0.2) is 0 Å². The molecular weight excluding hydrogens is 330 g/mol. The van der Waals surface area contributed by atoms with Crippen LogP contribution in [0.25, 0.3) is 21.7 Å². The maximum atomic E-state index is 13.2. The Kier molecular flexibility index (Phi) is 4.98. The zero-order chi connectivity index (χ0) is 18.8. The second-order valence-electron chi connectivity index (χ2n) is 6.32. The highest BCUT2D eigenvalue weighted by Crippen LogP contribution is 2.35. The molecule has 0 bridgehead atoms. The Labute approximate surface area is 152 Å². The number of para-hydroxylation sites is 1. The Morgan fingerprint density at radius 3 is 2.27 bits per heavy atom. The number of aryl methyl sites for hydroxylation is 1. The first kappa shape index (κ1) is 18.0. The van der Waals surface area contributed by atoms with Crippen LogP contribution in [0.1, 0.15) is 37.0 Å². The van der Waals surface area contributed by atoms with Crippen molar-refractivity contribution in [2.24, 2.45) is 0 Å². The van der Waals surface area contributed by atoms with Gasteiger partial charge < -0.3 is 14.0 Å². The van der Waals surface area contributed by atoms with E-state index in [1.807, 2.05) is 18.2 Å². The third kappa shape index (κ3) is 2.83. The van der Waals surface area contributed by atoms with Crippen LogP contribution >= 0.6 is 0 Å². The molecule has 0 fully saturated rings. The van der Waals surface area contributed by atoms with Crippen LogP contribution in [-0.4, -0.2) is 24.6 Å². The Balaban J connectivity index is 2.54. The minimum Gasteiger partial charge on any atom is -0.493 e. The molecule has 1 aromatic heterocycles. The molecule has 0 spiro atoms. The van der Waals surface area contributed by atoms with E-state index in [1.165, 1.54) is 6.92 Å². The quantitative estimate of drug-likeness (QED) is 0.493. The molecule has 0 unspecified atom stereocenters. The van der Waals surface area contributed by atoms with E-state index in [9.17, 15) is 9.59 Å². The SMILES string of the molecule is CCCCn1c(=O)c2cc(OC)c(OC)cc2c2cccc(C(C)=O)c21. The highest BCUT2D eigenvalue weighted by atomic mass is 16.5. The summed E-state index contributed by atoms with van der Waals surface area (Å²) in [5.41, 5.74) is 1.14. The number of benzene rings is 2. The van der Waals surface area contributed by atoms with Gasteiger partial charge in [-0.05, 0) is 31.5 Å². The molecule has 0 atom stereocenters. The summed E-state index contributed by atoms with van der Waals surface area (Å²) in [6.07, 6.45) is 1.82. The summed E-state index contributed by atoms with van der Waals surface area (Å²) in [5, 5.41) is 2.19. The predicted octanol–water partition coefficient (Wildman–Crippen LogP) is 4.17. The molecule has 0 saturated carbocycles. The van der Waals surface area contributed by atoms with Gasteiger partial charge in [-0.3, -0.25) is 9.59 Å². The standard InChI is InChI=1S/C21H23NO4/c1-5-6-10-22-20-14(13(2)23)8-7-9-15(20)16-11-18(25-3)19(26-4)12-17(16)21(22)24/h7-9,11-12H,5-6,10H2,1-4H3. The third-order valence-corrected chi connectivity index (χ3v) is 4.71. The van der Waals surface area contributed by atoms with E-state index < -0.39 is 0 Å². The number of aromatic nitrogens is 1. The summed E-state index contributed by atoms with van der Waals surface area (Å²) in [7, 11) is 3.11. The van der Waals surface area contributed by atoms with Crippen LogP contribution in [0.3, 0.4) is 0 Å². The number of unbranched alkanes of at least 4 members (excludes halogenated alkanes) is 1. The molecule has 0 amide bonds. The molecule has 0 N–H and O–H groups in total. The van der Waals surface area contributed by atoms with Crippen LogP contribution in [0.4, 0.5) is 0 Å². The number of rotatable bonds is 6. The molecule has 2 aromatic carbocycles. The summed E-state index contributed by atoms with van der Waals surface area (Å²) in [6, 6.07) is 9.10. The predicted molar refractivity (Wildman–Crippen MR) is 104 cm³/mol. The van der Waals surface area contributed by atoms with Crippen LogP contribution in [0.15, 0.2) is 35.1 Å². The van der Waals surface area contributed by atoms with Gasteiger partial charge in [-0.2, -0.15) is 0 Å². The normalized spacial score (nSPS) is 11.1. The van der Waals surface area contributed by atoms with Crippen molar-refractivity contribution in [1.82, 2.24) is 4.57 Å². The van der Waals surface area contributed by atoms with Crippen LogP contribution in [-0.2, 0) is 6.54 Å². The van der Waals surface area contributed by atoms with E-state index in [4.69, 9.17) is 9.47 Å². The number of hydrogen-bond acceptors (Lipinski definition) is 4. The number of ether oxygens (including phenoxy) is 2. The van der Waals surface area contributed by atoms with E-state index in [1.54, 1.807) is 30.9 Å². The monoisotopic (exact) mass is 353 g/mol. The summed E-state index contributed by atoms with van der Waals surface area (Å²) in [5.74, 6) is 1.02. The highest BCUT2D eigenvalue weighted by molar-refractivity contribution is 6.14. The number of carbonyl (C=O) groups excluding carboxylic acids is 1. The van der Waals surface area contributed by atoms with Crippen molar-refractivity contribution in [2.45, 2.75) is 33.2 Å². The van der Waals surface area contributed by atoms with E-state index in [0.717, 1.165) is 23.6 Å². The number of fused-ring (bicyclic) bond motifs is 3. The minimum absolute atomic E-state index is 0.0555. The molecule has 0 aliphatic heterocycles. The lowest BCUT2D eigenvalue weighted by molar-refractivity contribution is 0.101. The minimum atomic E-state index is -0.115. The number of Topliss-reactive ketones (excluding diaryl/α,β-unsaturated/α-hetero) is 1. The largest absolute Gasteiger partial charge is 0.493 e. The second-order valence-corrected chi connectivity index (χ2v) is 6.32. The van der Waals surface area contributed by atoms with Gasteiger partial charge in [0.25, 0.3) is 5.56 Å². The van der Waals surface area contributed by atoms with E-state index in [0.29, 0.717) is 34.5 Å². The lowest BCUT2D eigenvalue weighted by Crippen LogP contribution is -2.22. The van der Waals surface area contributed by atoms with Gasteiger partial charge in [-0.1, -0.05) is 25.5 Å². The van der Waals surface area contributed by atoms with Gasteiger partial charge in [0, 0.05) is 22.9 Å². The van der Waals surface area contributed by atoms with Gasteiger partial charge in [0.05, 0.1) is 25.1 Å². The Bertz CT molecular complexity index is 1050. The Morgan fingerprint density at radius 1 is 1.04 bits per heavy atom. The van der Waals surface area contributed by atoms with Gasteiger partial charge >= 0.3 is 0 Å². The van der Waals surface area contributed by atoms with E-state index >= 15 is 0 Å². The molecule has 0 aliphatic carbocycles. The number of carbonyl (C=O) groups is 1. The zero-order valence-electron chi connectivity index (χ0n) is 15.6. The first-order chi connectivity index (χ1) is 12.5. The smallest absolute Gasteiger partial charge is 0.259 e. The molecule has 0 radical (unpaired) electrons. The van der Waals surface area contributed by atoms with E-state index in [-0.39, 0.29) is 11.3 Å². The molecular formula is C21H23NO4. The van der Waals surface area contributed by atoms with Crippen molar-refractivity contribution in [3.8, 4) is 11.5 Å². The molecule has 0 aliphatic rings. The number of nitrogens with zero attached hydrogens (tertiary/aromatic N) is 1. The molecule has 3 rings (SSSR count).